The van der Waals surface area contributed by atoms with Gasteiger partial charge in [-0.25, -0.2) is 0 Å². The second kappa shape index (κ2) is 56.4. The lowest BCUT2D eigenvalue weighted by Gasteiger charge is -2.29. The van der Waals surface area contributed by atoms with Crippen LogP contribution < -0.4 is 98.6 Å². The number of hydrogen-bond acceptors (Lipinski definition) is 18. The van der Waals surface area contributed by atoms with E-state index in [-0.39, 0.29) is 126 Å². The van der Waals surface area contributed by atoms with Gasteiger partial charge in [0, 0.05) is 29.9 Å². The van der Waals surface area contributed by atoms with E-state index < -0.39 is 131 Å². The van der Waals surface area contributed by atoms with Gasteiger partial charge in [0.15, 0.2) is 0 Å². The van der Waals surface area contributed by atoms with Gasteiger partial charge in [-0.2, -0.15) is 0 Å². The fourth-order valence-electron chi connectivity index (χ4n) is 13.0. The highest BCUT2D eigenvalue weighted by molar-refractivity contribution is 6.00. The Labute approximate surface area is 654 Å². The maximum absolute atomic E-state index is 15.2. The molecule has 1 aromatic heterocycles. The van der Waals surface area contributed by atoms with Gasteiger partial charge in [0.05, 0.1) is 0 Å². The van der Waals surface area contributed by atoms with E-state index in [4.69, 9.17) is 40.1 Å². The van der Waals surface area contributed by atoms with Crippen molar-refractivity contribution in [2.45, 2.75) is 315 Å². The van der Waals surface area contributed by atoms with Gasteiger partial charge < -0.3 is 104 Å². The highest BCUT2D eigenvalue weighted by Crippen LogP contribution is 2.21. The summed E-state index contributed by atoms with van der Waals surface area (Å²) < 4.78 is 0. The summed E-state index contributed by atoms with van der Waals surface area (Å²) >= 11 is 0. The minimum Gasteiger partial charge on any atom is -0.368 e. The number of para-hydroxylation sites is 1. The summed E-state index contributed by atoms with van der Waals surface area (Å²) in [7, 11) is 0. The van der Waals surface area contributed by atoms with Crippen LogP contribution in [0.5, 0.6) is 0 Å². The fraction of sp³-hybridized carbons (Fsp3) is 0.747. The summed E-state index contributed by atoms with van der Waals surface area (Å²) in [6.07, 6.45) is 13.5. The van der Waals surface area contributed by atoms with Crippen molar-refractivity contribution in [3.8, 4) is 0 Å². The topological polar surface area (TPSA) is 535 Å². The number of benzene rings is 1. The molecule has 626 valence electrons. The number of nitrogens with one attached hydrogen (secondary N) is 12. The highest BCUT2D eigenvalue weighted by Gasteiger charge is 2.38. The molecule has 0 bridgehead atoms. The lowest BCUT2D eigenvalue weighted by atomic mass is 9.99. The van der Waals surface area contributed by atoms with E-state index in [2.05, 4.69) is 70.4 Å². The predicted molar refractivity (Wildman–Crippen MR) is 431 cm³/mol. The summed E-state index contributed by atoms with van der Waals surface area (Å²) in [6.45, 7) is 18.8. The van der Waals surface area contributed by atoms with Gasteiger partial charge in [0.25, 0.3) is 0 Å². The molecule has 0 aliphatic heterocycles. The third-order valence-corrected chi connectivity index (χ3v) is 19.1. The summed E-state index contributed by atoms with van der Waals surface area (Å²) in [5.74, 6) is -8.63. The van der Waals surface area contributed by atoms with Crippen LogP contribution in [0.1, 0.15) is 248 Å². The molecular weight excluding hydrogens is 1410 g/mol. The fourth-order valence-corrected chi connectivity index (χ4v) is 13.0. The average Bonchev–Trinajstić information content (AvgIpc) is 1.67. The largest absolute Gasteiger partial charge is 0.368 e. The number of aromatic amines is 1. The molecule has 0 fully saturated rings. The monoisotopic (exact) mass is 1550 g/mol. The Morgan fingerprint density at radius 1 is 0.318 bits per heavy atom. The molecule has 0 aliphatic rings. The van der Waals surface area contributed by atoms with E-state index in [1.54, 1.807) is 6.20 Å². The van der Waals surface area contributed by atoms with Crippen LogP contribution in [0, 0.1) is 23.7 Å². The van der Waals surface area contributed by atoms with Crippen LogP contribution in [0.4, 0.5) is 0 Å². The van der Waals surface area contributed by atoms with Crippen molar-refractivity contribution >= 4 is 81.8 Å². The first-order valence-corrected chi connectivity index (χ1v) is 40.8. The maximum atomic E-state index is 15.2. The molecule has 26 N–H and O–H groups in total. The third-order valence-electron chi connectivity index (χ3n) is 19.1. The number of aromatic nitrogens is 1. The van der Waals surface area contributed by atoms with Crippen LogP contribution in [0.3, 0.4) is 0 Å². The van der Waals surface area contributed by atoms with E-state index >= 15 is 9.59 Å². The molecule has 0 spiro atoms. The minimum atomic E-state index is -1.39. The number of H-pyrrole nitrogens is 1. The second-order valence-electron chi connectivity index (χ2n) is 31.1. The zero-order chi connectivity index (χ0) is 82.1. The normalized spacial score (nSPS) is 14.5. The predicted octanol–water partition coefficient (Wildman–Crippen LogP) is 2.85. The van der Waals surface area contributed by atoms with E-state index in [0.29, 0.717) is 109 Å². The molecule has 2 aromatic rings. The van der Waals surface area contributed by atoms with Gasteiger partial charge in [-0.3, -0.25) is 57.5 Å². The van der Waals surface area contributed by atoms with Crippen LogP contribution in [0.15, 0.2) is 30.5 Å². The summed E-state index contributed by atoms with van der Waals surface area (Å²) in [4.78, 5) is 175. The lowest BCUT2D eigenvalue weighted by Crippen LogP contribution is -2.61. The van der Waals surface area contributed by atoms with Gasteiger partial charge in [0.2, 0.25) is 70.9 Å². The van der Waals surface area contributed by atoms with Gasteiger partial charge in [-0.15, -0.1) is 0 Å². The third kappa shape index (κ3) is 39.9. The quantitative estimate of drug-likeness (QED) is 0.0423. The van der Waals surface area contributed by atoms with Crippen LogP contribution in [0.2, 0.25) is 0 Å². The van der Waals surface area contributed by atoms with E-state index in [0.717, 1.165) is 36.6 Å². The number of carbonyl (C=O) groups excluding carboxylic acids is 12. The number of amides is 12. The van der Waals surface area contributed by atoms with Crippen molar-refractivity contribution in [1.82, 2.24) is 63.5 Å². The molecule has 0 saturated heterocycles. The zero-order valence-electron chi connectivity index (χ0n) is 67.7. The summed E-state index contributed by atoms with van der Waals surface area (Å²) in [5, 5.41) is 32.1. The molecule has 0 saturated carbocycles. The molecule has 31 heteroatoms. The second-order valence-corrected chi connectivity index (χ2v) is 31.1. The van der Waals surface area contributed by atoms with E-state index in [1.807, 2.05) is 79.7 Å². The average molecular weight is 1550 g/mol. The Hall–Kier alpha value is -7.84. The standard InChI is InChI=1S/C79H143N19O12/c1-10-11-12-13-14-37-68(99)88-58(32-18-24-39-81)70(101)94-64(45-51(4)5)76(107)92-62(36-22-28-43-85)74(105)98-67(48-54-49-87-56-30-16-15-29-55(54)56)79(110)93-61(35-21-27-42-84)73(104)97-66(47-53(8)9)78(109)91-60(34-20-26-41-83)72(103)96-65(46-52(6)7)77(108)90-59(33-19-25-40-82)71(102)95-63(44-50(2)3)75(106)89-57(69(86)100)31-17-23-38-80/h15-16,29-30,49-53,57-67,87H,10-14,17-28,31-48,80-85H2,1-9H3,(H2,86,100)(H,88,99)(H,89,106)(H,90,108)(H,91,109)(H,92,107)(H,93,110)(H,94,101)(H,95,102)(H,96,103)(H,97,104)(H,98,105)/t57-,58-,59-,60-,61-,62-,63-,64-,65-,66-,67-/m0/s1. The first-order valence-electron chi connectivity index (χ1n) is 40.8. The van der Waals surface area contributed by atoms with Crippen LogP contribution >= 0.6 is 0 Å². The number of rotatable bonds is 62. The molecule has 31 nitrogen and oxygen atoms in total. The van der Waals surface area contributed by atoms with Gasteiger partial charge in [-0.1, -0.05) is 106 Å². The zero-order valence-corrected chi connectivity index (χ0v) is 67.7. The van der Waals surface area contributed by atoms with Gasteiger partial charge in [-0.05, 0) is 222 Å². The van der Waals surface area contributed by atoms with Crippen LogP contribution in [0.25, 0.3) is 10.9 Å². The molecule has 0 aliphatic carbocycles. The first kappa shape index (κ1) is 98.2. The molecule has 1 aromatic carbocycles. The molecular formula is C79H143N19O12. The number of nitrogens with two attached hydrogens (primary N) is 7. The van der Waals surface area contributed by atoms with Crippen molar-refractivity contribution in [2.24, 2.45) is 63.8 Å². The van der Waals surface area contributed by atoms with E-state index in [9.17, 15) is 47.9 Å². The molecule has 11 atom stereocenters. The number of fused-ring (bicyclic) bond motifs is 1. The van der Waals surface area contributed by atoms with Crippen molar-refractivity contribution in [3.63, 3.8) is 0 Å². The molecule has 2 rings (SSSR count). The van der Waals surface area contributed by atoms with Gasteiger partial charge in [0.1, 0.15) is 66.5 Å². The molecule has 1 heterocycles. The highest BCUT2D eigenvalue weighted by atomic mass is 16.2. The van der Waals surface area contributed by atoms with Crippen LogP contribution in [-0.4, -0.2) is 182 Å². The molecule has 12 amide bonds. The lowest BCUT2D eigenvalue weighted by molar-refractivity contribution is -0.136. The van der Waals surface area contributed by atoms with Crippen molar-refractivity contribution in [3.05, 3.63) is 36.0 Å². The van der Waals surface area contributed by atoms with Crippen LogP contribution in [-0.2, 0) is 64.0 Å². The van der Waals surface area contributed by atoms with Gasteiger partial charge >= 0.3 is 0 Å². The Kier molecular flexibility index (Phi) is 50.4. The molecule has 0 radical (unpaired) electrons. The number of hydrogen-bond donors (Lipinski definition) is 19. The number of carbonyl (C=O) groups is 12. The van der Waals surface area contributed by atoms with Crippen molar-refractivity contribution in [1.29, 1.82) is 0 Å². The SMILES string of the molecule is CCCCCCCC(=O)N[C@@H](CCCCN)C(=O)N[C@@H](CC(C)C)C(=O)N[C@@H](CCCCN)C(=O)N[C@@H](Cc1c[nH]c2ccccc12)C(=O)N[C@@H](CCCCN)C(=O)N[C@@H](CC(C)C)C(=O)N[C@@H](CCCCN)C(=O)N[C@@H](CC(C)C)C(=O)N[C@@H](CCCCN)C(=O)N[C@@H](CC(C)C)C(=O)N[C@@H](CCCCN)C(N)=O. The Morgan fingerprint density at radius 3 is 0.891 bits per heavy atom. The summed E-state index contributed by atoms with van der Waals surface area (Å²) in [6, 6.07) is -5.85. The van der Waals surface area contributed by atoms with Crippen molar-refractivity contribution in [2.75, 3.05) is 39.3 Å². The molecule has 0 unspecified atom stereocenters. The summed E-state index contributed by atoms with van der Waals surface area (Å²) in [5.41, 5.74) is 42.2. The maximum Gasteiger partial charge on any atom is 0.243 e. The van der Waals surface area contributed by atoms with E-state index in [1.165, 1.54) is 0 Å². The molecule has 110 heavy (non-hydrogen) atoms. The Morgan fingerprint density at radius 2 is 0.582 bits per heavy atom. The Bertz CT molecular complexity index is 3080. The Balaban J connectivity index is 2.64. The van der Waals surface area contributed by atoms with Crippen molar-refractivity contribution < 1.29 is 57.5 Å². The smallest absolute Gasteiger partial charge is 0.243 e. The minimum absolute atomic E-state index is 0.0377. The number of unbranched alkanes of at least 4 members (excludes halogenated alkanes) is 10. The first-order chi connectivity index (χ1) is 52.5. The number of primary amides is 1.